The summed E-state index contributed by atoms with van der Waals surface area (Å²) in [6, 6.07) is 8.87. The summed E-state index contributed by atoms with van der Waals surface area (Å²) in [5.74, 6) is 0.163. The molecule has 0 spiro atoms. The number of rotatable bonds is 8. The Labute approximate surface area is 150 Å². The lowest BCUT2D eigenvalue weighted by Crippen LogP contribution is -2.34. The van der Waals surface area contributed by atoms with Gasteiger partial charge < -0.3 is 16.0 Å². The number of nitrogens with one attached hydrogen (secondary N) is 3. The third-order valence-electron chi connectivity index (χ3n) is 3.32. The number of anilines is 1. The van der Waals surface area contributed by atoms with Crippen LogP contribution in [-0.2, 0) is 9.59 Å². The summed E-state index contributed by atoms with van der Waals surface area (Å²) < 4.78 is 0. The fraction of sp³-hybridized carbons (Fsp3) is 0.294. The van der Waals surface area contributed by atoms with E-state index in [1.165, 1.54) is 18.3 Å². The number of carbonyl (C=O) groups excluding carboxylic acids is 2. The highest BCUT2D eigenvalue weighted by atomic mass is 32.1. The molecule has 2 amide bonds. The molecule has 7 nitrogen and oxygen atoms in total. The van der Waals surface area contributed by atoms with E-state index in [9.17, 15) is 9.59 Å². The SMILES string of the molecule is CC(=O)NC(CC(=O)NCCNc1ncccc1C#N)c1cccs1. The van der Waals surface area contributed by atoms with Gasteiger partial charge in [-0.2, -0.15) is 5.26 Å². The van der Waals surface area contributed by atoms with Crippen LogP contribution in [0.5, 0.6) is 0 Å². The van der Waals surface area contributed by atoms with Gasteiger partial charge in [-0.15, -0.1) is 11.3 Å². The molecule has 2 aromatic rings. The van der Waals surface area contributed by atoms with Gasteiger partial charge >= 0.3 is 0 Å². The Balaban J connectivity index is 1.79. The van der Waals surface area contributed by atoms with Crippen molar-refractivity contribution in [2.24, 2.45) is 0 Å². The van der Waals surface area contributed by atoms with E-state index in [-0.39, 0.29) is 24.3 Å². The molecule has 0 bridgehead atoms. The van der Waals surface area contributed by atoms with E-state index >= 15 is 0 Å². The molecule has 0 aliphatic carbocycles. The molecule has 2 rings (SSSR count). The number of thiophene rings is 1. The zero-order valence-electron chi connectivity index (χ0n) is 13.8. The van der Waals surface area contributed by atoms with Gasteiger partial charge in [0.05, 0.1) is 18.0 Å². The smallest absolute Gasteiger partial charge is 0.222 e. The van der Waals surface area contributed by atoms with Crippen LogP contribution in [-0.4, -0.2) is 29.9 Å². The molecule has 0 saturated heterocycles. The monoisotopic (exact) mass is 357 g/mol. The maximum Gasteiger partial charge on any atom is 0.222 e. The number of amides is 2. The van der Waals surface area contributed by atoms with Crippen molar-refractivity contribution in [2.45, 2.75) is 19.4 Å². The summed E-state index contributed by atoms with van der Waals surface area (Å²) >= 11 is 1.50. The summed E-state index contributed by atoms with van der Waals surface area (Å²) in [5.41, 5.74) is 0.456. The van der Waals surface area contributed by atoms with Crippen molar-refractivity contribution >= 4 is 29.0 Å². The van der Waals surface area contributed by atoms with E-state index in [2.05, 4.69) is 27.0 Å². The van der Waals surface area contributed by atoms with Crippen molar-refractivity contribution in [3.05, 3.63) is 46.3 Å². The van der Waals surface area contributed by atoms with Crippen LogP contribution < -0.4 is 16.0 Å². The Bertz CT molecular complexity index is 755. The van der Waals surface area contributed by atoms with Crippen molar-refractivity contribution in [2.75, 3.05) is 18.4 Å². The summed E-state index contributed by atoms with van der Waals surface area (Å²) in [7, 11) is 0. The molecule has 0 aliphatic heterocycles. The molecule has 0 fully saturated rings. The van der Waals surface area contributed by atoms with Crippen LogP contribution in [0.2, 0.25) is 0 Å². The number of nitrogens with zero attached hydrogens (tertiary/aromatic N) is 2. The number of nitriles is 1. The second-order valence-electron chi connectivity index (χ2n) is 5.26. The van der Waals surface area contributed by atoms with Gasteiger partial charge in [-0.25, -0.2) is 4.98 Å². The van der Waals surface area contributed by atoms with Crippen LogP contribution in [0, 0.1) is 11.3 Å². The molecule has 0 saturated carbocycles. The second kappa shape index (κ2) is 9.39. The van der Waals surface area contributed by atoms with Gasteiger partial charge in [0, 0.05) is 31.1 Å². The van der Waals surface area contributed by atoms with E-state index < -0.39 is 0 Å². The minimum atomic E-state index is -0.327. The number of pyridine rings is 1. The minimum Gasteiger partial charge on any atom is -0.367 e. The van der Waals surface area contributed by atoms with Gasteiger partial charge in [-0.1, -0.05) is 6.07 Å². The maximum absolute atomic E-state index is 12.1. The molecule has 1 unspecified atom stereocenters. The standard InChI is InChI=1S/C17H19N5O2S/c1-12(23)22-14(15-5-3-9-25-15)10-16(24)19-7-8-21-17-13(11-18)4-2-6-20-17/h2-6,9,14H,7-8,10H2,1H3,(H,19,24)(H,20,21)(H,22,23). The normalized spacial score (nSPS) is 11.2. The van der Waals surface area contributed by atoms with E-state index in [0.717, 1.165) is 4.88 Å². The fourth-order valence-electron chi connectivity index (χ4n) is 2.23. The number of aromatic nitrogens is 1. The van der Waals surface area contributed by atoms with Crippen molar-refractivity contribution < 1.29 is 9.59 Å². The first-order chi connectivity index (χ1) is 12.1. The topological polar surface area (TPSA) is 107 Å². The van der Waals surface area contributed by atoms with Gasteiger partial charge in [0.15, 0.2) is 0 Å². The molecular formula is C17H19N5O2S. The highest BCUT2D eigenvalue weighted by Crippen LogP contribution is 2.21. The first-order valence-corrected chi connectivity index (χ1v) is 8.64. The predicted molar refractivity (Wildman–Crippen MR) is 95.9 cm³/mol. The average molecular weight is 357 g/mol. The zero-order chi connectivity index (χ0) is 18.1. The minimum absolute atomic E-state index is 0.157. The molecule has 25 heavy (non-hydrogen) atoms. The van der Waals surface area contributed by atoms with Gasteiger partial charge in [-0.05, 0) is 23.6 Å². The van der Waals surface area contributed by atoms with Crippen LogP contribution >= 0.6 is 11.3 Å². The van der Waals surface area contributed by atoms with Gasteiger partial charge in [0.25, 0.3) is 0 Å². The zero-order valence-corrected chi connectivity index (χ0v) is 14.6. The maximum atomic E-state index is 12.1. The van der Waals surface area contributed by atoms with Crippen molar-refractivity contribution in [1.29, 1.82) is 5.26 Å². The lowest BCUT2D eigenvalue weighted by atomic mass is 10.1. The van der Waals surface area contributed by atoms with Crippen LogP contribution in [0.25, 0.3) is 0 Å². The lowest BCUT2D eigenvalue weighted by Gasteiger charge is -2.16. The Morgan fingerprint density at radius 1 is 1.32 bits per heavy atom. The van der Waals surface area contributed by atoms with E-state index in [0.29, 0.717) is 24.5 Å². The predicted octanol–water partition coefficient (Wildman–Crippen LogP) is 1.81. The largest absolute Gasteiger partial charge is 0.367 e. The molecule has 2 aromatic heterocycles. The van der Waals surface area contributed by atoms with Gasteiger partial charge in [-0.3, -0.25) is 9.59 Å². The van der Waals surface area contributed by atoms with Crippen LogP contribution in [0.1, 0.15) is 29.8 Å². The first kappa shape index (κ1) is 18.4. The quantitative estimate of drug-likeness (QED) is 0.625. The Morgan fingerprint density at radius 3 is 2.84 bits per heavy atom. The van der Waals surface area contributed by atoms with E-state index in [1.807, 2.05) is 17.5 Å². The van der Waals surface area contributed by atoms with Crippen molar-refractivity contribution in [3.63, 3.8) is 0 Å². The summed E-state index contributed by atoms with van der Waals surface area (Å²) in [6.45, 7) is 2.26. The number of hydrogen-bond donors (Lipinski definition) is 3. The molecule has 3 N–H and O–H groups in total. The molecule has 0 aliphatic rings. The summed E-state index contributed by atoms with van der Waals surface area (Å²) in [6.07, 6.45) is 1.77. The van der Waals surface area contributed by atoms with Crippen LogP contribution in [0.15, 0.2) is 35.8 Å². The van der Waals surface area contributed by atoms with Crippen molar-refractivity contribution in [3.8, 4) is 6.07 Å². The van der Waals surface area contributed by atoms with Crippen LogP contribution in [0.4, 0.5) is 5.82 Å². The molecule has 2 heterocycles. The third-order valence-corrected chi connectivity index (χ3v) is 4.31. The Hall–Kier alpha value is -2.92. The number of hydrogen-bond acceptors (Lipinski definition) is 6. The molecule has 130 valence electrons. The molecule has 0 radical (unpaired) electrons. The molecule has 8 heteroatoms. The van der Waals surface area contributed by atoms with Crippen LogP contribution in [0.3, 0.4) is 0 Å². The number of carbonyl (C=O) groups is 2. The molecule has 0 aromatic carbocycles. The third kappa shape index (κ3) is 5.90. The van der Waals surface area contributed by atoms with Gasteiger partial charge in [0.1, 0.15) is 11.9 Å². The van der Waals surface area contributed by atoms with E-state index in [1.54, 1.807) is 18.3 Å². The lowest BCUT2D eigenvalue weighted by molar-refractivity contribution is -0.122. The van der Waals surface area contributed by atoms with E-state index in [4.69, 9.17) is 5.26 Å². The molecular weight excluding hydrogens is 338 g/mol. The fourth-order valence-corrected chi connectivity index (χ4v) is 3.01. The average Bonchev–Trinajstić information content (AvgIpc) is 3.12. The van der Waals surface area contributed by atoms with Crippen molar-refractivity contribution in [1.82, 2.24) is 15.6 Å². The Kier molecular flexibility index (Phi) is 6.92. The second-order valence-corrected chi connectivity index (χ2v) is 6.24. The first-order valence-electron chi connectivity index (χ1n) is 7.76. The Morgan fingerprint density at radius 2 is 2.16 bits per heavy atom. The summed E-state index contributed by atoms with van der Waals surface area (Å²) in [5, 5.41) is 19.5. The van der Waals surface area contributed by atoms with Gasteiger partial charge in [0.2, 0.25) is 11.8 Å². The highest BCUT2D eigenvalue weighted by molar-refractivity contribution is 7.10. The highest BCUT2D eigenvalue weighted by Gasteiger charge is 2.17. The molecule has 1 atom stereocenters. The summed E-state index contributed by atoms with van der Waals surface area (Å²) in [4.78, 5) is 28.5.